The number of hydrogen-bond donors (Lipinski definition) is 4. The first-order valence-corrected chi connectivity index (χ1v) is 9.41. The van der Waals surface area contributed by atoms with E-state index in [9.17, 15) is 30.0 Å². The van der Waals surface area contributed by atoms with E-state index in [2.05, 4.69) is 0 Å². The number of methoxy groups -OCH3 is 1. The molecule has 5 atom stereocenters. The Hall–Kier alpha value is -3.34. The molecule has 164 valence electrons. The van der Waals surface area contributed by atoms with Crippen LogP contribution in [0.4, 0.5) is 0 Å². The lowest BCUT2D eigenvalue weighted by Crippen LogP contribution is -2.58. The Kier molecular flexibility index (Phi) is 5.44. The minimum absolute atomic E-state index is 0.0683. The molecule has 10 heteroatoms. The molecule has 0 aliphatic carbocycles. The molecule has 0 radical (unpaired) electrons. The quantitative estimate of drug-likeness (QED) is 0.507. The second kappa shape index (κ2) is 8.06. The van der Waals surface area contributed by atoms with E-state index in [1.807, 2.05) is 0 Å². The molecular weight excluding hydrogens is 412 g/mol. The van der Waals surface area contributed by atoms with Gasteiger partial charge >= 0.3 is 11.9 Å². The van der Waals surface area contributed by atoms with Crippen LogP contribution in [0.25, 0.3) is 0 Å². The summed E-state index contributed by atoms with van der Waals surface area (Å²) in [6.45, 7) is -0.408. The van der Waals surface area contributed by atoms with Crippen molar-refractivity contribution in [2.24, 2.45) is 0 Å². The summed E-state index contributed by atoms with van der Waals surface area (Å²) in [4.78, 5) is 24.5. The van der Waals surface area contributed by atoms with Gasteiger partial charge in [0.2, 0.25) is 5.75 Å². The van der Waals surface area contributed by atoms with Gasteiger partial charge in [-0.25, -0.2) is 9.59 Å². The number of rotatable bonds is 4. The fourth-order valence-electron chi connectivity index (χ4n) is 3.75. The maximum Gasteiger partial charge on any atom is 0.339 e. The largest absolute Gasteiger partial charge is 0.504 e. The molecule has 0 saturated carbocycles. The van der Waals surface area contributed by atoms with Crippen molar-refractivity contribution in [2.75, 3.05) is 13.7 Å². The highest BCUT2D eigenvalue weighted by Crippen LogP contribution is 2.49. The number of carbonyl (C=O) groups excluding carboxylic acids is 2. The van der Waals surface area contributed by atoms with Gasteiger partial charge in [-0.2, -0.15) is 0 Å². The number of phenolic OH excluding ortho intramolecular Hbond substituents is 2. The molecule has 2 aromatic rings. The molecule has 4 N–H and O–H groups in total. The lowest BCUT2D eigenvalue weighted by atomic mass is 9.86. The second-order valence-electron chi connectivity index (χ2n) is 7.15. The predicted octanol–water partition coefficient (Wildman–Crippen LogP) is 0.664. The number of hydrogen-bond acceptors (Lipinski definition) is 10. The molecule has 0 aromatic heterocycles. The molecule has 0 bridgehead atoms. The smallest absolute Gasteiger partial charge is 0.339 e. The molecule has 0 amide bonds. The lowest BCUT2D eigenvalue weighted by molar-refractivity contribution is -0.235. The van der Waals surface area contributed by atoms with Gasteiger partial charge in [0.25, 0.3) is 0 Å². The molecule has 2 aliphatic heterocycles. The third-order valence-corrected chi connectivity index (χ3v) is 5.30. The first-order chi connectivity index (χ1) is 14.8. The van der Waals surface area contributed by atoms with Gasteiger partial charge < -0.3 is 39.4 Å². The van der Waals surface area contributed by atoms with Gasteiger partial charge in [0.1, 0.15) is 31.0 Å². The van der Waals surface area contributed by atoms with E-state index in [1.54, 1.807) is 30.3 Å². The summed E-state index contributed by atoms with van der Waals surface area (Å²) in [6.07, 6.45) is -6.86. The predicted molar refractivity (Wildman–Crippen MR) is 102 cm³/mol. The summed E-state index contributed by atoms with van der Waals surface area (Å²) in [7, 11) is 1.21. The van der Waals surface area contributed by atoms with Crippen molar-refractivity contribution < 1.29 is 49.0 Å². The highest BCUT2D eigenvalue weighted by atomic mass is 16.6. The van der Waals surface area contributed by atoms with E-state index in [0.29, 0.717) is 5.56 Å². The Balaban J connectivity index is 1.62. The summed E-state index contributed by atoms with van der Waals surface area (Å²) < 4.78 is 21.1. The van der Waals surface area contributed by atoms with Crippen molar-refractivity contribution >= 4 is 11.9 Å². The molecular formula is C21H20O10. The summed E-state index contributed by atoms with van der Waals surface area (Å²) in [5.41, 5.74) is 0.0444. The zero-order valence-electron chi connectivity index (χ0n) is 16.3. The number of aromatic hydroxyl groups is 2. The first kappa shape index (κ1) is 20.9. The van der Waals surface area contributed by atoms with Crippen LogP contribution in [0, 0.1) is 0 Å². The number of aliphatic hydroxyl groups is 2. The average molecular weight is 432 g/mol. The van der Waals surface area contributed by atoms with Gasteiger partial charge in [0.15, 0.2) is 17.6 Å². The van der Waals surface area contributed by atoms with Gasteiger partial charge in [-0.05, 0) is 18.2 Å². The number of benzene rings is 2. The summed E-state index contributed by atoms with van der Waals surface area (Å²) in [6, 6.07) is 9.23. The maximum absolute atomic E-state index is 12.3. The standard InChI is InChI=1S/C21H20O10/c1-28-17-11(22)7-10-13(15(17)24)18-19(31-21(10)27)16(25)14(23)12(30-18)8-29-20(26)9-5-3-2-4-6-9/h2-7,12,14,16,18-19,22-25H,8H2,1H3/t12-,14-,16+,18+,19-/m1/s1. The fourth-order valence-corrected chi connectivity index (χ4v) is 3.75. The van der Waals surface area contributed by atoms with Crippen molar-refractivity contribution in [3.05, 3.63) is 53.1 Å². The van der Waals surface area contributed by atoms with Crippen LogP contribution < -0.4 is 4.74 Å². The summed E-state index contributed by atoms with van der Waals surface area (Å²) in [5, 5.41) is 41.5. The van der Waals surface area contributed by atoms with Crippen molar-refractivity contribution in [3.63, 3.8) is 0 Å². The highest BCUT2D eigenvalue weighted by Gasteiger charge is 2.52. The van der Waals surface area contributed by atoms with Crippen molar-refractivity contribution in [1.29, 1.82) is 0 Å². The van der Waals surface area contributed by atoms with Gasteiger partial charge in [0, 0.05) is 5.56 Å². The van der Waals surface area contributed by atoms with E-state index < -0.39 is 60.6 Å². The molecule has 1 saturated heterocycles. The minimum Gasteiger partial charge on any atom is -0.504 e. The number of carbonyl (C=O) groups is 2. The van der Waals surface area contributed by atoms with E-state index in [-0.39, 0.29) is 16.9 Å². The number of aliphatic hydroxyl groups excluding tert-OH is 2. The van der Waals surface area contributed by atoms with Crippen LogP contribution in [0.2, 0.25) is 0 Å². The van der Waals surface area contributed by atoms with E-state index in [0.717, 1.165) is 6.07 Å². The summed E-state index contributed by atoms with van der Waals surface area (Å²) in [5.74, 6) is -2.92. The Labute approximate surface area is 176 Å². The maximum atomic E-state index is 12.3. The number of phenols is 2. The second-order valence-corrected chi connectivity index (χ2v) is 7.15. The zero-order valence-corrected chi connectivity index (χ0v) is 16.3. The van der Waals surface area contributed by atoms with E-state index in [4.69, 9.17) is 18.9 Å². The van der Waals surface area contributed by atoms with Crippen LogP contribution in [-0.4, -0.2) is 70.5 Å². The Morgan fingerprint density at radius 1 is 1.13 bits per heavy atom. The third-order valence-electron chi connectivity index (χ3n) is 5.30. The van der Waals surface area contributed by atoms with Crippen LogP contribution >= 0.6 is 0 Å². The van der Waals surface area contributed by atoms with Gasteiger partial charge in [-0.1, -0.05) is 18.2 Å². The molecule has 0 spiro atoms. The molecule has 2 aliphatic rings. The van der Waals surface area contributed by atoms with Crippen LogP contribution in [0.1, 0.15) is 32.4 Å². The van der Waals surface area contributed by atoms with Crippen molar-refractivity contribution in [2.45, 2.75) is 30.5 Å². The zero-order chi connectivity index (χ0) is 22.3. The van der Waals surface area contributed by atoms with Crippen LogP contribution in [-0.2, 0) is 14.2 Å². The Bertz CT molecular complexity index is 1000. The Morgan fingerprint density at radius 3 is 2.52 bits per heavy atom. The lowest BCUT2D eigenvalue weighted by Gasteiger charge is -2.44. The topological polar surface area (TPSA) is 152 Å². The molecule has 10 nitrogen and oxygen atoms in total. The van der Waals surface area contributed by atoms with Gasteiger partial charge in [-0.15, -0.1) is 0 Å². The summed E-state index contributed by atoms with van der Waals surface area (Å²) >= 11 is 0. The average Bonchev–Trinajstić information content (AvgIpc) is 2.76. The molecule has 31 heavy (non-hydrogen) atoms. The van der Waals surface area contributed by atoms with E-state index >= 15 is 0 Å². The number of esters is 2. The molecule has 2 aromatic carbocycles. The first-order valence-electron chi connectivity index (χ1n) is 9.41. The number of ether oxygens (including phenoxy) is 4. The molecule has 0 unspecified atom stereocenters. The van der Waals surface area contributed by atoms with Crippen LogP contribution in [0.15, 0.2) is 36.4 Å². The fraction of sp³-hybridized carbons (Fsp3) is 0.333. The van der Waals surface area contributed by atoms with Gasteiger partial charge in [0.05, 0.1) is 18.2 Å². The monoisotopic (exact) mass is 432 g/mol. The van der Waals surface area contributed by atoms with Crippen LogP contribution in [0.3, 0.4) is 0 Å². The number of fused-ring (bicyclic) bond motifs is 3. The SMILES string of the molecule is COc1c(O)cc2c(c1O)[C@@H]1O[C@H](COC(=O)c3ccccc3)[C@@H](O)[C@H](O)[C@H]1OC2=O. The molecule has 2 heterocycles. The van der Waals surface area contributed by atoms with Crippen molar-refractivity contribution in [1.82, 2.24) is 0 Å². The highest BCUT2D eigenvalue weighted by molar-refractivity contribution is 5.95. The van der Waals surface area contributed by atoms with E-state index in [1.165, 1.54) is 7.11 Å². The normalized spacial score (nSPS) is 26.9. The molecule has 1 fully saturated rings. The Morgan fingerprint density at radius 2 is 1.84 bits per heavy atom. The van der Waals surface area contributed by atoms with Gasteiger partial charge in [-0.3, -0.25) is 0 Å². The molecule has 4 rings (SSSR count). The van der Waals surface area contributed by atoms with Crippen molar-refractivity contribution in [3.8, 4) is 17.2 Å². The third kappa shape index (κ3) is 3.54. The van der Waals surface area contributed by atoms with Crippen LogP contribution in [0.5, 0.6) is 17.2 Å². The minimum atomic E-state index is -1.59.